The summed E-state index contributed by atoms with van der Waals surface area (Å²) >= 11 is 0. The fraction of sp³-hybridized carbons (Fsp3) is 0.923. The first kappa shape index (κ1) is 15.2. The number of carbonyl (C=O) groups is 1. The molecule has 3 heterocycles. The van der Waals surface area contributed by atoms with Gasteiger partial charge in [0.15, 0.2) is 0 Å². The number of hydroxylamine groups is 2. The number of ether oxygens (including phenoxy) is 1. The van der Waals surface area contributed by atoms with E-state index in [0.717, 1.165) is 12.8 Å². The lowest BCUT2D eigenvalue weighted by molar-refractivity contribution is -0.185. The highest BCUT2D eigenvalue weighted by Crippen LogP contribution is 2.40. The first-order chi connectivity index (χ1) is 9.90. The molecular formula is C13H22N2O5S. The van der Waals surface area contributed by atoms with Gasteiger partial charge in [0.25, 0.3) is 5.91 Å². The third kappa shape index (κ3) is 3.08. The first-order valence-corrected chi connectivity index (χ1v) is 9.32. The van der Waals surface area contributed by atoms with Gasteiger partial charge in [-0.05, 0) is 32.1 Å². The molecule has 0 aromatic rings. The Labute approximate surface area is 125 Å². The Morgan fingerprint density at radius 1 is 1.19 bits per heavy atom. The largest absolute Gasteiger partial charge is 0.362 e. The molecular weight excluding hydrogens is 296 g/mol. The van der Waals surface area contributed by atoms with E-state index in [1.165, 1.54) is 15.6 Å². The summed E-state index contributed by atoms with van der Waals surface area (Å²) < 4.78 is 30.6. The van der Waals surface area contributed by atoms with Crippen LogP contribution in [0.5, 0.6) is 0 Å². The maximum Gasteiger partial charge on any atom is 0.275 e. The van der Waals surface area contributed by atoms with Crippen LogP contribution in [-0.4, -0.2) is 67.9 Å². The minimum absolute atomic E-state index is 0.0880. The van der Waals surface area contributed by atoms with Gasteiger partial charge in [0, 0.05) is 13.1 Å². The second-order valence-corrected chi connectivity index (χ2v) is 8.10. The Hall–Kier alpha value is -0.700. The number of nitrogens with zero attached hydrogens (tertiary/aromatic N) is 2. The van der Waals surface area contributed by atoms with Gasteiger partial charge in [-0.15, -0.1) is 0 Å². The summed E-state index contributed by atoms with van der Waals surface area (Å²) in [5, 5.41) is 1.41. The quantitative estimate of drug-likeness (QED) is 0.723. The minimum Gasteiger partial charge on any atom is -0.362 e. The van der Waals surface area contributed by atoms with Crippen LogP contribution >= 0.6 is 0 Å². The van der Waals surface area contributed by atoms with E-state index in [1.54, 1.807) is 0 Å². The van der Waals surface area contributed by atoms with Crippen LogP contribution in [0.1, 0.15) is 32.1 Å². The molecule has 3 aliphatic rings. The molecule has 3 fully saturated rings. The fourth-order valence-electron chi connectivity index (χ4n) is 3.36. The molecule has 0 bridgehead atoms. The topological polar surface area (TPSA) is 76.2 Å². The highest BCUT2D eigenvalue weighted by Gasteiger charge is 2.47. The zero-order valence-corrected chi connectivity index (χ0v) is 13.1. The van der Waals surface area contributed by atoms with Crippen molar-refractivity contribution in [1.29, 1.82) is 0 Å². The number of rotatable bonds is 2. The summed E-state index contributed by atoms with van der Waals surface area (Å²) in [5.41, 5.74) is -0.332. The summed E-state index contributed by atoms with van der Waals surface area (Å²) in [5.74, 6) is -0.0880. The summed E-state index contributed by atoms with van der Waals surface area (Å²) in [6.07, 6.45) is 4.49. The van der Waals surface area contributed by atoms with E-state index < -0.39 is 16.1 Å². The van der Waals surface area contributed by atoms with Crippen molar-refractivity contribution in [3.63, 3.8) is 0 Å². The summed E-state index contributed by atoms with van der Waals surface area (Å²) in [6.45, 7) is 2.17. The standard InChI is InChI=1S/C13H22N2O5S/c1-21(17,18)14-8-5-13(6-9-14)4-3-11(20-13)12(16)15-7-2-10-19-15/h11H,2-10H2,1H3. The van der Waals surface area contributed by atoms with Gasteiger partial charge in [-0.3, -0.25) is 9.63 Å². The third-order valence-corrected chi connectivity index (χ3v) is 5.93. The molecule has 0 aromatic heterocycles. The van der Waals surface area contributed by atoms with Crippen molar-refractivity contribution in [2.75, 3.05) is 32.5 Å². The molecule has 3 rings (SSSR count). The number of hydrogen-bond donors (Lipinski definition) is 0. The maximum atomic E-state index is 12.3. The van der Waals surface area contributed by atoms with Gasteiger partial charge in [0.1, 0.15) is 6.10 Å². The molecule has 120 valence electrons. The van der Waals surface area contributed by atoms with Gasteiger partial charge < -0.3 is 4.74 Å². The second-order valence-electron chi connectivity index (χ2n) is 6.12. The predicted octanol–water partition coefficient (Wildman–Crippen LogP) is 0.124. The molecule has 7 nitrogen and oxygen atoms in total. The molecule has 0 aliphatic carbocycles. The van der Waals surface area contributed by atoms with E-state index >= 15 is 0 Å². The monoisotopic (exact) mass is 318 g/mol. The summed E-state index contributed by atoms with van der Waals surface area (Å²) in [4.78, 5) is 17.5. The van der Waals surface area contributed by atoms with Crippen LogP contribution in [-0.2, 0) is 24.4 Å². The Bertz CT molecular complexity index is 507. The van der Waals surface area contributed by atoms with E-state index in [9.17, 15) is 13.2 Å². The molecule has 0 radical (unpaired) electrons. The SMILES string of the molecule is CS(=O)(=O)N1CCC2(CCC(C(=O)N3CCCO3)O2)CC1. The summed E-state index contributed by atoms with van der Waals surface area (Å²) in [7, 11) is -3.13. The molecule has 0 aromatic carbocycles. The number of amides is 1. The third-order valence-electron chi connectivity index (χ3n) is 4.63. The van der Waals surface area contributed by atoms with Crippen LogP contribution in [0, 0.1) is 0 Å². The molecule has 0 saturated carbocycles. The van der Waals surface area contributed by atoms with Crippen LogP contribution in [0.15, 0.2) is 0 Å². The van der Waals surface area contributed by atoms with Crippen molar-refractivity contribution >= 4 is 15.9 Å². The normalized spacial score (nSPS) is 30.1. The molecule has 1 spiro atoms. The number of sulfonamides is 1. The van der Waals surface area contributed by atoms with Gasteiger partial charge in [0.2, 0.25) is 10.0 Å². The Morgan fingerprint density at radius 3 is 2.48 bits per heavy atom. The lowest BCUT2D eigenvalue weighted by atomic mass is 9.89. The smallest absolute Gasteiger partial charge is 0.275 e. The van der Waals surface area contributed by atoms with Crippen molar-refractivity contribution in [1.82, 2.24) is 9.37 Å². The van der Waals surface area contributed by atoms with Crippen molar-refractivity contribution in [3.8, 4) is 0 Å². The van der Waals surface area contributed by atoms with Crippen LogP contribution in [0.25, 0.3) is 0 Å². The number of hydrogen-bond acceptors (Lipinski definition) is 5. The molecule has 1 amide bonds. The van der Waals surface area contributed by atoms with E-state index in [1.807, 2.05) is 0 Å². The first-order valence-electron chi connectivity index (χ1n) is 7.47. The zero-order valence-electron chi connectivity index (χ0n) is 12.3. The second kappa shape index (κ2) is 5.49. The van der Waals surface area contributed by atoms with Gasteiger partial charge in [-0.2, -0.15) is 0 Å². The van der Waals surface area contributed by atoms with Gasteiger partial charge in [0.05, 0.1) is 25.0 Å². The minimum atomic E-state index is -3.13. The molecule has 0 N–H and O–H groups in total. The average molecular weight is 318 g/mol. The maximum absolute atomic E-state index is 12.3. The Kier molecular flexibility index (Phi) is 3.98. The molecule has 8 heteroatoms. The summed E-state index contributed by atoms with van der Waals surface area (Å²) in [6, 6.07) is 0. The van der Waals surface area contributed by atoms with Crippen LogP contribution < -0.4 is 0 Å². The van der Waals surface area contributed by atoms with Crippen LogP contribution in [0.2, 0.25) is 0 Å². The average Bonchev–Trinajstić information content (AvgIpc) is 3.08. The lowest BCUT2D eigenvalue weighted by Gasteiger charge is -2.38. The molecule has 1 unspecified atom stereocenters. The van der Waals surface area contributed by atoms with E-state index in [0.29, 0.717) is 45.5 Å². The van der Waals surface area contributed by atoms with E-state index in [2.05, 4.69) is 0 Å². The highest BCUT2D eigenvalue weighted by atomic mass is 32.2. The van der Waals surface area contributed by atoms with Crippen molar-refractivity contribution in [2.24, 2.45) is 0 Å². The van der Waals surface area contributed by atoms with Gasteiger partial charge >= 0.3 is 0 Å². The van der Waals surface area contributed by atoms with Crippen LogP contribution in [0.3, 0.4) is 0 Å². The number of carbonyl (C=O) groups excluding carboxylic acids is 1. The van der Waals surface area contributed by atoms with E-state index in [-0.39, 0.29) is 11.5 Å². The Balaban J connectivity index is 1.58. The van der Waals surface area contributed by atoms with Crippen molar-refractivity contribution < 1.29 is 22.8 Å². The fourth-order valence-corrected chi connectivity index (χ4v) is 4.21. The van der Waals surface area contributed by atoms with E-state index in [4.69, 9.17) is 9.57 Å². The lowest BCUT2D eigenvalue weighted by Crippen LogP contribution is -2.47. The molecule has 3 saturated heterocycles. The van der Waals surface area contributed by atoms with Crippen molar-refractivity contribution in [3.05, 3.63) is 0 Å². The van der Waals surface area contributed by atoms with Gasteiger partial charge in [-0.1, -0.05) is 0 Å². The zero-order chi connectivity index (χ0) is 15.1. The van der Waals surface area contributed by atoms with Crippen molar-refractivity contribution in [2.45, 2.75) is 43.8 Å². The Morgan fingerprint density at radius 2 is 1.90 bits per heavy atom. The molecule has 1 atom stereocenters. The van der Waals surface area contributed by atoms with Crippen LogP contribution in [0.4, 0.5) is 0 Å². The predicted molar refractivity (Wildman–Crippen MR) is 74.8 cm³/mol. The molecule has 21 heavy (non-hydrogen) atoms. The number of piperidine rings is 1. The highest BCUT2D eigenvalue weighted by molar-refractivity contribution is 7.88. The molecule has 3 aliphatic heterocycles. The van der Waals surface area contributed by atoms with Gasteiger partial charge in [-0.25, -0.2) is 17.8 Å².